The highest BCUT2D eigenvalue weighted by molar-refractivity contribution is 6.35. The first-order valence-corrected chi connectivity index (χ1v) is 13.2. The number of aliphatic hydroxyl groups excluding tert-OH is 1. The minimum absolute atomic E-state index is 0.155. The van der Waals surface area contributed by atoms with E-state index >= 15 is 0 Å². The molecule has 4 rings (SSSR count). The Bertz CT molecular complexity index is 1470. The van der Waals surface area contributed by atoms with Crippen LogP contribution in [0.4, 0.5) is 0 Å². The van der Waals surface area contributed by atoms with Gasteiger partial charge >= 0.3 is 5.97 Å². The summed E-state index contributed by atoms with van der Waals surface area (Å²) in [6, 6.07) is 20.0. The summed E-state index contributed by atoms with van der Waals surface area (Å²) >= 11 is 12.7. The molecule has 1 aromatic heterocycles. The van der Waals surface area contributed by atoms with Gasteiger partial charge in [0.05, 0.1) is 34.3 Å². The molecule has 0 saturated heterocycles. The second-order valence-corrected chi connectivity index (χ2v) is 10.8. The summed E-state index contributed by atoms with van der Waals surface area (Å²) < 4.78 is 7.99. The van der Waals surface area contributed by atoms with Gasteiger partial charge in [-0.15, -0.1) is 0 Å². The lowest BCUT2D eigenvalue weighted by Crippen LogP contribution is -2.48. The van der Waals surface area contributed by atoms with Gasteiger partial charge in [0.2, 0.25) is 0 Å². The maximum absolute atomic E-state index is 11.1. The predicted molar refractivity (Wildman–Crippen MR) is 154 cm³/mol. The summed E-state index contributed by atoms with van der Waals surface area (Å²) in [7, 11) is 0. The molecule has 0 aliphatic carbocycles. The first-order valence-electron chi connectivity index (χ1n) is 12.4. The molecule has 1 heterocycles. The minimum atomic E-state index is -0.999. The molecule has 7 nitrogen and oxygen atoms in total. The highest BCUT2D eigenvalue weighted by Crippen LogP contribution is 2.33. The van der Waals surface area contributed by atoms with E-state index in [0.29, 0.717) is 28.0 Å². The molecule has 204 valence electrons. The van der Waals surface area contributed by atoms with Crippen LogP contribution in [0.2, 0.25) is 10.0 Å². The van der Waals surface area contributed by atoms with Crippen LogP contribution in [0.5, 0.6) is 0 Å². The quantitative estimate of drug-likeness (QED) is 0.188. The van der Waals surface area contributed by atoms with Crippen molar-refractivity contribution in [1.29, 1.82) is 0 Å². The van der Waals surface area contributed by atoms with E-state index in [1.54, 1.807) is 42.8 Å². The number of aromatic carboxylic acids is 1. The fourth-order valence-corrected chi connectivity index (χ4v) is 4.60. The van der Waals surface area contributed by atoms with Crippen molar-refractivity contribution in [2.24, 2.45) is 0 Å². The lowest BCUT2D eigenvalue weighted by molar-refractivity contribution is -0.122. The van der Waals surface area contributed by atoms with E-state index in [9.17, 15) is 9.90 Å². The molecule has 1 unspecified atom stereocenters. The number of aromatic nitrogens is 2. The van der Waals surface area contributed by atoms with Gasteiger partial charge in [-0.1, -0.05) is 65.2 Å². The lowest BCUT2D eigenvalue weighted by Gasteiger charge is -2.31. The zero-order chi connectivity index (χ0) is 28.3. The first kappa shape index (κ1) is 28.8. The maximum Gasteiger partial charge on any atom is 0.335 e. The number of carboxylic acid groups (broad SMARTS) is 1. The number of ether oxygens (including phenoxy) is 1. The molecule has 1 atom stereocenters. The zero-order valence-corrected chi connectivity index (χ0v) is 23.7. The third kappa shape index (κ3) is 6.69. The molecule has 0 fully saturated rings. The number of hydrogen-bond acceptors (Lipinski definition) is 5. The minimum Gasteiger partial charge on any atom is -0.478 e. The Balaban J connectivity index is 1.54. The number of nitrogens with zero attached hydrogens (tertiary/aromatic N) is 2. The van der Waals surface area contributed by atoms with Crippen LogP contribution in [0.1, 0.15) is 46.6 Å². The smallest absolute Gasteiger partial charge is 0.335 e. The predicted octanol–water partition coefficient (Wildman–Crippen LogP) is 6.56. The van der Waals surface area contributed by atoms with E-state index in [1.165, 1.54) is 12.1 Å². The van der Waals surface area contributed by atoms with Crippen molar-refractivity contribution in [3.8, 4) is 16.9 Å². The van der Waals surface area contributed by atoms with Crippen LogP contribution in [-0.2, 0) is 17.9 Å². The molecular weight excluding hydrogens is 537 g/mol. The SMILES string of the molecule is Cc1ccc(-c2c(C)c(COC(C)(C)C(O)NCc3ccc(C(=O)O)cc3)nn2-c2ccc(Cl)cc2Cl)cc1. The molecule has 9 heteroatoms. The number of carbonyl (C=O) groups is 1. The number of rotatable bonds is 10. The van der Waals surface area contributed by atoms with Gasteiger partial charge in [-0.2, -0.15) is 5.10 Å². The Labute approximate surface area is 238 Å². The van der Waals surface area contributed by atoms with E-state index < -0.39 is 17.8 Å². The Hall–Kier alpha value is -3.20. The summed E-state index contributed by atoms with van der Waals surface area (Å²) in [5, 5.41) is 28.8. The van der Waals surface area contributed by atoms with Crippen LogP contribution in [0.15, 0.2) is 66.7 Å². The van der Waals surface area contributed by atoms with Crippen molar-refractivity contribution in [1.82, 2.24) is 15.1 Å². The molecule has 0 aliphatic rings. The lowest BCUT2D eigenvalue weighted by atomic mass is 10.0. The van der Waals surface area contributed by atoms with Crippen LogP contribution in [0, 0.1) is 13.8 Å². The number of halogens is 2. The Morgan fingerprint density at radius 3 is 2.33 bits per heavy atom. The molecule has 3 aromatic carbocycles. The van der Waals surface area contributed by atoms with Crippen molar-refractivity contribution in [3.63, 3.8) is 0 Å². The van der Waals surface area contributed by atoms with Gasteiger partial charge in [0.25, 0.3) is 0 Å². The molecule has 0 aliphatic heterocycles. The standard InChI is InChI=1S/C30H31Cl2N3O4/c1-18-5-9-21(10-6-18)27-19(2)25(34-35(27)26-14-13-23(31)15-24(26)32)17-39-30(3,4)29(38)33-16-20-7-11-22(12-8-20)28(36)37/h5-15,29,33,38H,16-17H2,1-4H3,(H,36,37). The molecule has 3 N–H and O–H groups in total. The van der Waals surface area contributed by atoms with Gasteiger partial charge in [0.1, 0.15) is 11.8 Å². The van der Waals surface area contributed by atoms with Crippen molar-refractivity contribution >= 4 is 29.2 Å². The summed E-state index contributed by atoms with van der Waals surface area (Å²) in [6.45, 7) is 8.11. The molecule has 0 saturated carbocycles. The van der Waals surface area contributed by atoms with E-state index in [1.807, 2.05) is 44.2 Å². The van der Waals surface area contributed by atoms with Gasteiger partial charge in [-0.25, -0.2) is 9.48 Å². The van der Waals surface area contributed by atoms with Crippen molar-refractivity contribution in [2.75, 3.05) is 0 Å². The number of hydrogen-bond donors (Lipinski definition) is 3. The number of nitrogens with one attached hydrogen (secondary N) is 1. The topological polar surface area (TPSA) is 96.6 Å². The van der Waals surface area contributed by atoms with Gasteiger partial charge in [-0.05, 0) is 63.6 Å². The average Bonchev–Trinajstić information content (AvgIpc) is 3.22. The Morgan fingerprint density at radius 1 is 1.05 bits per heavy atom. The summed E-state index contributed by atoms with van der Waals surface area (Å²) in [6.07, 6.45) is -0.999. The summed E-state index contributed by atoms with van der Waals surface area (Å²) in [5.74, 6) is -0.981. The van der Waals surface area contributed by atoms with Crippen LogP contribution in [0.25, 0.3) is 16.9 Å². The third-order valence-electron chi connectivity index (χ3n) is 6.62. The highest BCUT2D eigenvalue weighted by atomic mass is 35.5. The Kier molecular flexibility index (Phi) is 8.79. The highest BCUT2D eigenvalue weighted by Gasteiger charge is 2.30. The number of carboxylic acids is 1. The normalized spacial score (nSPS) is 12.5. The van der Waals surface area contributed by atoms with Gasteiger partial charge in [0, 0.05) is 22.7 Å². The van der Waals surface area contributed by atoms with Crippen molar-refractivity contribution < 1.29 is 19.7 Å². The van der Waals surface area contributed by atoms with Crippen LogP contribution >= 0.6 is 23.2 Å². The van der Waals surface area contributed by atoms with Crippen LogP contribution < -0.4 is 5.32 Å². The summed E-state index contributed by atoms with van der Waals surface area (Å²) in [5.41, 5.74) is 5.45. The fraction of sp³-hybridized carbons (Fsp3) is 0.267. The fourth-order valence-electron chi connectivity index (χ4n) is 4.11. The molecule has 0 amide bonds. The van der Waals surface area contributed by atoms with E-state index in [-0.39, 0.29) is 12.2 Å². The molecular formula is C30H31Cl2N3O4. The molecule has 4 aromatic rings. The number of benzene rings is 3. The van der Waals surface area contributed by atoms with Gasteiger partial charge < -0.3 is 14.9 Å². The molecule has 0 bridgehead atoms. The largest absolute Gasteiger partial charge is 0.478 e. The monoisotopic (exact) mass is 567 g/mol. The maximum atomic E-state index is 11.1. The summed E-state index contributed by atoms with van der Waals surface area (Å²) in [4.78, 5) is 11.1. The molecule has 39 heavy (non-hydrogen) atoms. The molecule has 0 radical (unpaired) electrons. The van der Waals surface area contributed by atoms with Gasteiger partial charge in [-0.3, -0.25) is 5.32 Å². The van der Waals surface area contributed by atoms with Crippen LogP contribution in [0.3, 0.4) is 0 Å². The molecule has 0 spiro atoms. The second kappa shape index (κ2) is 11.9. The van der Waals surface area contributed by atoms with Crippen LogP contribution in [-0.4, -0.2) is 37.8 Å². The number of aliphatic hydroxyl groups is 1. The van der Waals surface area contributed by atoms with Crippen molar-refractivity contribution in [3.05, 3.63) is 105 Å². The van der Waals surface area contributed by atoms with Gasteiger partial charge in [0.15, 0.2) is 0 Å². The van der Waals surface area contributed by atoms with Crippen molar-refractivity contribution in [2.45, 2.75) is 52.7 Å². The second-order valence-electron chi connectivity index (χ2n) is 9.97. The Morgan fingerprint density at radius 2 is 1.72 bits per heavy atom. The van der Waals surface area contributed by atoms with E-state index in [4.69, 9.17) is 38.1 Å². The zero-order valence-electron chi connectivity index (χ0n) is 22.2. The average molecular weight is 569 g/mol. The first-order chi connectivity index (χ1) is 18.5. The third-order valence-corrected chi connectivity index (χ3v) is 7.16. The van der Waals surface area contributed by atoms with E-state index in [0.717, 1.165) is 27.9 Å². The van der Waals surface area contributed by atoms with E-state index in [2.05, 4.69) is 5.32 Å². The number of aryl methyl sites for hydroxylation is 1.